The van der Waals surface area contributed by atoms with Crippen molar-refractivity contribution in [2.24, 2.45) is 5.41 Å². The van der Waals surface area contributed by atoms with Gasteiger partial charge in [-0.1, -0.05) is 30.3 Å². The zero-order valence-electron chi connectivity index (χ0n) is 16.8. The molecule has 0 unspecified atom stereocenters. The maximum absolute atomic E-state index is 13.0. The number of rotatable bonds is 5. The van der Waals surface area contributed by atoms with Gasteiger partial charge in [-0.2, -0.15) is 0 Å². The highest BCUT2D eigenvalue weighted by Crippen LogP contribution is 2.31. The first-order valence-corrected chi connectivity index (χ1v) is 9.69. The molecular weight excluding hydrogens is 352 g/mol. The SMILES string of the molecule is COc1cccc(CNC(=O)[C@@]2(C)CCCN(C(=O)c3ccccc3C)C2)c1. The van der Waals surface area contributed by atoms with Crippen molar-refractivity contribution >= 4 is 11.8 Å². The molecule has 2 amide bonds. The molecule has 2 aromatic rings. The van der Waals surface area contributed by atoms with E-state index in [1.165, 1.54) is 0 Å². The van der Waals surface area contributed by atoms with Crippen LogP contribution in [0.25, 0.3) is 0 Å². The van der Waals surface area contributed by atoms with Crippen LogP contribution in [0.3, 0.4) is 0 Å². The molecule has 1 aliphatic heterocycles. The van der Waals surface area contributed by atoms with Gasteiger partial charge < -0.3 is 15.0 Å². The van der Waals surface area contributed by atoms with Crippen LogP contribution in [0, 0.1) is 12.3 Å². The van der Waals surface area contributed by atoms with E-state index in [2.05, 4.69) is 5.32 Å². The molecule has 5 nitrogen and oxygen atoms in total. The molecule has 1 heterocycles. The Balaban J connectivity index is 1.66. The van der Waals surface area contributed by atoms with E-state index in [0.29, 0.717) is 25.2 Å². The molecule has 1 saturated heterocycles. The Kier molecular flexibility index (Phi) is 6.02. The fourth-order valence-corrected chi connectivity index (χ4v) is 3.76. The largest absolute Gasteiger partial charge is 0.497 e. The van der Waals surface area contributed by atoms with Crippen LogP contribution in [0.2, 0.25) is 0 Å². The van der Waals surface area contributed by atoms with E-state index in [-0.39, 0.29) is 11.8 Å². The lowest BCUT2D eigenvalue weighted by atomic mass is 9.80. The number of ether oxygens (including phenoxy) is 1. The number of likely N-dealkylation sites (tertiary alicyclic amines) is 1. The number of hydrogen-bond acceptors (Lipinski definition) is 3. The summed E-state index contributed by atoms with van der Waals surface area (Å²) in [5.41, 5.74) is 2.07. The van der Waals surface area contributed by atoms with E-state index in [9.17, 15) is 9.59 Å². The first-order chi connectivity index (χ1) is 13.4. The molecule has 0 radical (unpaired) electrons. The van der Waals surface area contributed by atoms with Crippen LogP contribution in [0.1, 0.15) is 41.3 Å². The molecule has 2 aromatic carbocycles. The maximum atomic E-state index is 13.0. The Morgan fingerprint density at radius 2 is 1.96 bits per heavy atom. The van der Waals surface area contributed by atoms with Crippen LogP contribution >= 0.6 is 0 Å². The van der Waals surface area contributed by atoms with Crippen LogP contribution in [-0.4, -0.2) is 36.9 Å². The van der Waals surface area contributed by atoms with Crippen LogP contribution in [0.5, 0.6) is 5.75 Å². The normalized spacial score (nSPS) is 19.2. The van der Waals surface area contributed by atoms with Gasteiger partial charge in [0.25, 0.3) is 5.91 Å². The Bertz CT molecular complexity index is 864. The summed E-state index contributed by atoms with van der Waals surface area (Å²) in [4.78, 5) is 27.7. The molecule has 5 heteroatoms. The summed E-state index contributed by atoms with van der Waals surface area (Å²) in [7, 11) is 1.63. The first-order valence-electron chi connectivity index (χ1n) is 9.69. The predicted molar refractivity (Wildman–Crippen MR) is 109 cm³/mol. The Hall–Kier alpha value is -2.82. The summed E-state index contributed by atoms with van der Waals surface area (Å²) >= 11 is 0. The highest BCUT2D eigenvalue weighted by Gasteiger charge is 2.39. The third kappa shape index (κ3) is 4.35. The van der Waals surface area contributed by atoms with Crippen molar-refractivity contribution in [2.45, 2.75) is 33.2 Å². The minimum Gasteiger partial charge on any atom is -0.497 e. The molecule has 0 aliphatic carbocycles. The smallest absolute Gasteiger partial charge is 0.254 e. The number of carbonyl (C=O) groups is 2. The summed E-state index contributed by atoms with van der Waals surface area (Å²) < 4.78 is 5.23. The number of nitrogens with one attached hydrogen (secondary N) is 1. The van der Waals surface area contributed by atoms with Crippen molar-refractivity contribution in [1.82, 2.24) is 10.2 Å². The number of nitrogens with zero attached hydrogens (tertiary/aromatic N) is 1. The van der Waals surface area contributed by atoms with Gasteiger partial charge in [0, 0.05) is 25.2 Å². The molecule has 0 saturated carbocycles. The van der Waals surface area contributed by atoms with Gasteiger partial charge in [0.05, 0.1) is 12.5 Å². The fourth-order valence-electron chi connectivity index (χ4n) is 3.76. The van der Waals surface area contributed by atoms with Gasteiger partial charge in [0.15, 0.2) is 0 Å². The van der Waals surface area contributed by atoms with E-state index in [4.69, 9.17) is 4.74 Å². The van der Waals surface area contributed by atoms with Crippen molar-refractivity contribution in [3.05, 3.63) is 65.2 Å². The van der Waals surface area contributed by atoms with E-state index in [1.54, 1.807) is 7.11 Å². The third-order valence-electron chi connectivity index (χ3n) is 5.49. The van der Waals surface area contributed by atoms with Crippen molar-refractivity contribution < 1.29 is 14.3 Å². The quantitative estimate of drug-likeness (QED) is 0.863. The average molecular weight is 380 g/mol. The summed E-state index contributed by atoms with van der Waals surface area (Å²) in [5, 5.41) is 3.04. The molecule has 1 N–H and O–H groups in total. The number of amides is 2. The van der Waals surface area contributed by atoms with Gasteiger partial charge in [-0.25, -0.2) is 0 Å². The van der Waals surface area contributed by atoms with E-state index in [0.717, 1.165) is 29.7 Å². The lowest BCUT2D eigenvalue weighted by Gasteiger charge is -2.39. The summed E-state index contributed by atoms with van der Waals surface area (Å²) in [5.74, 6) is 0.757. The molecule has 28 heavy (non-hydrogen) atoms. The first kappa shape index (κ1) is 19.9. The van der Waals surface area contributed by atoms with Gasteiger partial charge >= 0.3 is 0 Å². The number of hydrogen-bond donors (Lipinski definition) is 1. The number of benzene rings is 2. The second-order valence-electron chi connectivity index (χ2n) is 7.74. The van der Waals surface area contributed by atoms with Crippen LogP contribution in [-0.2, 0) is 11.3 Å². The fraction of sp³-hybridized carbons (Fsp3) is 0.391. The van der Waals surface area contributed by atoms with Crippen molar-refractivity contribution in [3.63, 3.8) is 0 Å². The minimum absolute atomic E-state index is 0.00428. The average Bonchev–Trinajstić information content (AvgIpc) is 2.72. The Morgan fingerprint density at radius 3 is 2.71 bits per heavy atom. The molecule has 1 fully saturated rings. The monoisotopic (exact) mass is 380 g/mol. The molecular formula is C23H28N2O3. The van der Waals surface area contributed by atoms with Crippen LogP contribution < -0.4 is 10.1 Å². The van der Waals surface area contributed by atoms with E-state index in [1.807, 2.05) is 67.3 Å². The summed E-state index contributed by atoms with van der Waals surface area (Å²) in [6.07, 6.45) is 1.59. The molecule has 1 aliphatic rings. The van der Waals surface area contributed by atoms with Crippen LogP contribution in [0.15, 0.2) is 48.5 Å². The van der Waals surface area contributed by atoms with Gasteiger partial charge in [-0.3, -0.25) is 9.59 Å². The van der Waals surface area contributed by atoms with Gasteiger partial charge in [0.1, 0.15) is 5.75 Å². The zero-order chi connectivity index (χ0) is 20.1. The molecule has 1 atom stereocenters. The second-order valence-corrected chi connectivity index (χ2v) is 7.74. The van der Waals surface area contributed by atoms with Crippen LogP contribution in [0.4, 0.5) is 0 Å². The summed E-state index contributed by atoms with van der Waals surface area (Å²) in [6, 6.07) is 15.3. The van der Waals surface area contributed by atoms with Crippen molar-refractivity contribution in [2.75, 3.05) is 20.2 Å². The lowest BCUT2D eigenvalue weighted by molar-refractivity contribution is -0.132. The molecule has 0 spiro atoms. The number of methoxy groups -OCH3 is 1. The van der Waals surface area contributed by atoms with Crippen molar-refractivity contribution in [3.8, 4) is 5.75 Å². The lowest BCUT2D eigenvalue weighted by Crippen LogP contribution is -2.51. The molecule has 3 rings (SSSR count). The van der Waals surface area contributed by atoms with Gasteiger partial charge in [-0.15, -0.1) is 0 Å². The molecule has 0 bridgehead atoms. The third-order valence-corrected chi connectivity index (χ3v) is 5.49. The highest BCUT2D eigenvalue weighted by atomic mass is 16.5. The number of piperidine rings is 1. The topological polar surface area (TPSA) is 58.6 Å². The Labute approximate surface area is 166 Å². The zero-order valence-corrected chi connectivity index (χ0v) is 16.8. The highest BCUT2D eigenvalue weighted by molar-refractivity contribution is 5.96. The standard InChI is InChI=1S/C23H28N2O3/c1-17-8-4-5-11-20(17)21(26)25-13-7-12-23(2,16-25)22(27)24-15-18-9-6-10-19(14-18)28-3/h4-6,8-11,14H,7,12-13,15-16H2,1-3H3,(H,24,27)/t23-/m0/s1. The van der Waals surface area contributed by atoms with Gasteiger partial charge in [-0.05, 0) is 56.0 Å². The summed E-state index contributed by atoms with van der Waals surface area (Å²) in [6.45, 7) is 5.45. The second kappa shape index (κ2) is 8.46. The van der Waals surface area contributed by atoms with Crippen molar-refractivity contribution in [1.29, 1.82) is 0 Å². The Morgan fingerprint density at radius 1 is 1.18 bits per heavy atom. The van der Waals surface area contributed by atoms with E-state index >= 15 is 0 Å². The minimum atomic E-state index is -0.588. The maximum Gasteiger partial charge on any atom is 0.254 e. The van der Waals surface area contributed by atoms with Gasteiger partial charge in [0.2, 0.25) is 5.91 Å². The number of aryl methyl sites for hydroxylation is 1. The molecule has 0 aromatic heterocycles. The molecule has 148 valence electrons. The number of carbonyl (C=O) groups excluding carboxylic acids is 2. The van der Waals surface area contributed by atoms with E-state index < -0.39 is 5.41 Å². The predicted octanol–water partition coefficient (Wildman–Crippen LogP) is 3.56.